The number of anilines is 1. The molecule has 0 bridgehead atoms. The number of aromatic nitrogens is 1. The molecule has 0 saturated carbocycles. The first-order valence-electron chi connectivity index (χ1n) is 4.79. The number of carboxylic acids is 1. The van der Waals surface area contributed by atoms with E-state index >= 15 is 0 Å². The fourth-order valence-corrected chi connectivity index (χ4v) is 0.963. The second-order valence-corrected chi connectivity index (χ2v) is 4.09. The van der Waals surface area contributed by atoms with Crippen molar-refractivity contribution in [3.8, 4) is 6.07 Å². The van der Waals surface area contributed by atoms with Crippen LogP contribution in [0.3, 0.4) is 0 Å². The van der Waals surface area contributed by atoms with Gasteiger partial charge >= 0.3 is 5.97 Å². The van der Waals surface area contributed by atoms with E-state index in [1.54, 1.807) is 26.0 Å². The Balaban J connectivity index is 2.62. The predicted octanol–water partition coefficient (Wildman–Crippen LogP) is 1.48. The number of carboxylic acid groups (broad SMARTS) is 1. The molecular weight excluding hydrogens is 206 g/mol. The zero-order valence-electron chi connectivity index (χ0n) is 9.19. The van der Waals surface area contributed by atoms with Gasteiger partial charge < -0.3 is 10.4 Å². The van der Waals surface area contributed by atoms with Crippen molar-refractivity contribution in [2.45, 2.75) is 13.8 Å². The van der Waals surface area contributed by atoms with Gasteiger partial charge in [-0.25, -0.2) is 4.98 Å². The molecule has 0 spiro atoms. The molecule has 0 fully saturated rings. The highest BCUT2D eigenvalue weighted by molar-refractivity contribution is 5.74. The number of hydrogen-bond donors (Lipinski definition) is 2. The average molecular weight is 219 g/mol. The van der Waals surface area contributed by atoms with Gasteiger partial charge in [0.2, 0.25) is 0 Å². The van der Waals surface area contributed by atoms with Crippen molar-refractivity contribution in [2.75, 3.05) is 11.9 Å². The highest BCUT2D eigenvalue weighted by Gasteiger charge is 2.26. The van der Waals surface area contributed by atoms with Crippen molar-refractivity contribution in [1.29, 1.82) is 5.26 Å². The maximum absolute atomic E-state index is 10.8. The number of nitriles is 1. The maximum Gasteiger partial charge on any atom is 0.310 e. The van der Waals surface area contributed by atoms with Gasteiger partial charge in [-0.15, -0.1) is 0 Å². The molecule has 1 aromatic heterocycles. The van der Waals surface area contributed by atoms with E-state index in [-0.39, 0.29) is 0 Å². The van der Waals surface area contributed by atoms with Crippen molar-refractivity contribution in [3.63, 3.8) is 0 Å². The molecule has 2 N–H and O–H groups in total. The molecule has 1 rings (SSSR count). The Morgan fingerprint density at radius 2 is 2.31 bits per heavy atom. The first-order chi connectivity index (χ1) is 7.45. The molecule has 16 heavy (non-hydrogen) atoms. The standard InChI is InChI=1S/C11H13N3O2/c1-11(2,10(15)16)7-14-9-4-3-8(5-12)13-6-9/h3-4,6,14H,7H2,1-2H3,(H,15,16). The van der Waals surface area contributed by atoms with E-state index in [1.165, 1.54) is 6.20 Å². The van der Waals surface area contributed by atoms with Gasteiger partial charge in [0.25, 0.3) is 0 Å². The number of nitrogens with one attached hydrogen (secondary N) is 1. The van der Waals surface area contributed by atoms with Crippen LogP contribution < -0.4 is 5.32 Å². The molecule has 0 saturated heterocycles. The van der Waals surface area contributed by atoms with E-state index < -0.39 is 11.4 Å². The normalized spacial score (nSPS) is 10.6. The largest absolute Gasteiger partial charge is 0.481 e. The summed E-state index contributed by atoms with van der Waals surface area (Å²) >= 11 is 0. The van der Waals surface area contributed by atoms with E-state index in [9.17, 15) is 4.79 Å². The van der Waals surface area contributed by atoms with E-state index in [2.05, 4.69) is 10.3 Å². The Morgan fingerprint density at radius 1 is 1.62 bits per heavy atom. The molecule has 0 unspecified atom stereocenters. The van der Waals surface area contributed by atoms with Gasteiger partial charge in [0.15, 0.2) is 0 Å². The van der Waals surface area contributed by atoms with Crippen LogP contribution in [0, 0.1) is 16.7 Å². The number of carbonyl (C=O) groups is 1. The number of nitrogens with zero attached hydrogens (tertiary/aromatic N) is 2. The summed E-state index contributed by atoms with van der Waals surface area (Å²) in [7, 11) is 0. The summed E-state index contributed by atoms with van der Waals surface area (Å²) in [4.78, 5) is 14.7. The molecule has 1 aromatic rings. The molecule has 0 radical (unpaired) electrons. The minimum absolute atomic E-state index is 0.302. The molecule has 84 valence electrons. The van der Waals surface area contributed by atoms with Crippen LogP contribution in [0.15, 0.2) is 18.3 Å². The first kappa shape index (κ1) is 12.0. The quantitative estimate of drug-likeness (QED) is 0.800. The van der Waals surface area contributed by atoms with Crippen LogP contribution in [0.4, 0.5) is 5.69 Å². The van der Waals surface area contributed by atoms with E-state index in [4.69, 9.17) is 10.4 Å². The highest BCUT2D eigenvalue weighted by Crippen LogP contribution is 2.16. The van der Waals surface area contributed by atoms with Gasteiger partial charge in [-0.05, 0) is 26.0 Å². The fourth-order valence-electron chi connectivity index (χ4n) is 0.963. The smallest absolute Gasteiger partial charge is 0.310 e. The van der Waals surface area contributed by atoms with Gasteiger partial charge in [-0.1, -0.05) is 0 Å². The predicted molar refractivity (Wildman–Crippen MR) is 58.9 cm³/mol. The van der Waals surface area contributed by atoms with Crippen LogP contribution in [0.25, 0.3) is 0 Å². The van der Waals surface area contributed by atoms with E-state index in [1.807, 2.05) is 6.07 Å². The van der Waals surface area contributed by atoms with Gasteiger partial charge in [-0.2, -0.15) is 5.26 Å². The topological polar surface area (TPSA) is 86.0 Å². The summed E-state index contributed by atoms with van der Waals surface area (Å²) in [5.41, 5.74) is 0.199. The molecule has 5 nitrogen and oxygen atoms in total. The van der Waals surface area contributed by atoms with Crippen LogP contribution in [-0.2, 0) is 4.79 Å². The lowest BCUT2D eigenvalue weighted by atomic mass is 9.94. The van der Waals surface area contributed by atoms with Crippen molar-refractivity contribution < 1.29 is 9.90 Å². The van der Waals surface area contributed by atoms with Crippen molar-refractivity contribution in [2.24, 2.45) is 5.41 Å². The Kier molecular flexibility index (Phi) is 3.46. The number of hydrogen-bond acceptors (Lipinski definition) is 4. The molecule has 0 amide bonds. The SMILES string of the molecule is CC(C)(CNc1ccc(C#N)nc1)C(=O)O. The van der Waals surface area contributed by atoms with Crippen LogP contribution in [0.1, 0.15) is 19.5 Å². The summed E-state index contributed by atoms with van der Waals surface area (Å²) in [6, 6.07) is 5.19. The van der Waals surface area contributed by atoms with Crippen molar-refractivity contribution in [3.05, 3.63) is 24.0 Å². The third kappa shape index (κ3) is 2.95. The third-order valence-corrected chi connectivity index (χ3v) is 2.19. The molecule has 0 aliphatic carbocycles. The molecular formula is C11H13N3O2. The summed E-state index contributed by atoms with van der Waals surface area (Å²) in [6.45, 7) is 3.58. The molecule has 1 heterocycles. The van der Waals surface area contributed by atoms with Crippen molar-refractivity contribution in [1.82, 2.24) is 4.98 Å². The van der Waals surface area contributed by atoms with Crippen LogP contribution in [-0.4, -0.2) is 22.6 Å². The lowest BCUT2D eigenvalue weighted by molar-refractivity contribution is -0.146. The first-order valence-corrected chi connectivity index (χ1v) is 4.79. The van der Waals surface area contributed by atoms with Crippen LogP contribution in [0.2, 0.25) is 0 Å². The fraction of sp³-hybridized carbons (Fsp3) is 0.364. The zero-order chi connectivity index (χ0) is 12.2. The van der Waals surface area contributed by atoms with Gasteiger partial charge in [0, 0.05) is 6.54 Å². The summed E-state index contributed by atoms with van der Waals surface area (Å²) in [5.74, 6) is -0.860. The summed E-state index contributed by atoms with van der Waals surface area (Å²) in [5, 5.41) is 20.4. The highest BCUT2D eigenvalue weighted by atomic mass is 16.4. The number of rotatable bonds is 4. The minimum Gasteiger partial charge on any atom is -0.481 e. The molecule has 5 heteroatoms. The Morgan fingerprint density at radius 3 is 2.75 bits per heavy atom. The van der Waals surface area contributed by atoms with Gasteiger partial charge in [-0.3, -0.25) is 4.79 Å². The zero-order valence-corrected chi connectivity index (χ0v) is 9.19. The molecule has 0 aliphatic heterocycles. The number of aliphatic carboxylic acids is 1. The average Bonchev–Trinajstić information content (AvgIpc) is 2.27. The van der Waals surface area contributed by atoms with Crippen LogP contribution >= 0.6 is 0 Å². The second kappa shape index (κ2) is 4.62. The molecule has 0 atom stereocenters. The molecule has 0 aliphatic rings. The Bertz CT molecular complexity index is 418. The third-order valence-electron chi connectivity index (χ3n) is 2.19. The maximum atomic E-state index is 10.8. The number of pyridine rings is 1. The van der Waals surface area contributed by atoms with Crippen molar-refractivity contribution >= 4 is 11.7 Å². The van der Waals surface area contributed by atoms with E-state index in [0.29, 0.717) is 17.9 Å². The lowest BCUT2D eigenvalue weighted by Gasteiger charge is -2.19. The second-order valence-electron chi connectivity index (χ2n) is 4.09. The van der Waals surface area contributed by atoms with Gasteiger partial charge in [0.1, 0.15) is 11.8 Å². The monoisotopic (exact) mass is 219 g/mol. The molecule has 0 aromatic carbocycles. The summed E-state index contributed by atoms with van der Waals surface area (Å²) in [6.07, 6.45) is 1.51. The Hall–Kier alpha value is -2.09. The van der Waals surface area contributed by atoms with E-state index in [0.717, 1.165) is 0 Å². The Labute approximate surface area is 93.7 Å². The summed E-state index contributed by atoms with van der Waals surface area (Å²) < 4.78 is 0. The van der Waals surface area contributed by atoms with Crippen LogP contribution in [0.5, 0.6) is 0 Å². The lowest BCUT2D eigenvalue weighted by Crippen LogP contribution is -2.31. The minimum atomic E-state index is -0.860. The van der Waals surface area contributed by atoms with Gasteiger partial charge in [0.05, 0.1) is 17.3 Å².